The van der Waals surface area contributed by atoms with Gasteiger partial charge in [-0.15, -0.1) is 0 Å². The van der Waals surface area contributed by atoms with E-state index in [0.717, 1.165) is 31.0 Å². The molecule has 1 aromatic rings. The van der Waals surface area contributed by atoms with Gasteiger partial charge in [-0.25, -0.2) is 0 Å². The van der Waals surface area contributed by atoms with E-state index in [1.165, 1.54) is 5.69 Å². The summed E-state index contributed by atoms with van der Waals surface area (Å²) in [5.74, 6) is 0.462. The zero-order valence-electron chi connectivity index (χ0n) is 9.56. The highest BCUT2D eigenvalue weighted by atomic mass is 35.5. The van der Waals surface area contributed by atoms with E-state index in [-0.39, 0.29) is 6.10 Å². The number of anilines is 1. The Morgan fingerprint density at radius 3 is 2.31 bits per heavy atom. The number of aliphatic hydroxyl groups excluding tert-OH is 1. The highest BCUT2D eigenvalue weighted by molar-refractivity contribution is 6.30. The average Bonchev–Trinajstić information content (AvgIpc) is 2.30. The molecule has 1 saturated heterocycles. The second-order valence-electron chi connectivity index (χ2n) is 4.54. The number of nitrogens with zero attached hydrogens (tertiary/aromatic N) is 1. The molecular formula is C13H18ClNO. The van der Waals surface area contributed by atoms with Gasteiger partial charge >= 0.3 is 0 Å². The van der Waals surface area contributed by atoms with Crippen LogP contribution in [0.2, 0.25) is 5.02 Å². The lowest BCUT2D eigenvalue weighted by molar-refractivity contribution is 0.110. The van der Waals surface area contributed by atoms with Crippen LogP contribution < -0.4 is 4.90 Å². The molecular weight excluding hydrogens is 222 g/mol. The molecule has 1 atom stereocenters. The quantitative estimate of drug-likeness (QED) is 0.858. The van der Waals surface area contributed by atoms with Crippen molar-refractivity contribution in [2.45, 2.75) is 25.9 Å². The van der Waals surface area contributed by atoms with E-state index >= 15 is 0 Å². The predicted octanol–water partition coefficient (Wildman–Crippen LogP) is 2.94. The third-order valence-corrected chi connectivity index (χ3v) is 3.67. The van der Waals surface area contributed by atoms with Crippen molar-refractivity contribution in [1.82, 2.24) is 0 Å². The summed E-state index contributed by atoms with van der Waals surface area (Å²) in [5, 5.41) is 10.3. The monoisotopic (exact) mass is 239 g/mol. The molecule has 1 fully saturated rings. The first-order valence-electron chi connectivity index (χ1n) is 5.85. The van der Waals surface area contributed by atoms with E-state index in [9.17, 15) is 5.11 Å². The number of piperidine rings is 1. The molecule has 1 aromatic carbocycles. The van der Waals surface area contributed by atoms with Crippen molar-refractivity contribution >= 4 is 17.3 Å². The Morgan fingerprint density at radius 1 is 1.25 bits per heavy atom. The second kappa shape index (κ2) is 5.07. The summed E-state index contributed by atoms with van der Waals surface area (Å²) in [5.41, 5.74) is 1.23. The number of hydrogen-bond donors (Lipinski definition) is 1. The summed E-state index contributed by atoms with van der Waals surface area (Å²) in [4.78, 5) is 2.36. The molecule has 0 spiro atoms. The maximum Gasteiger partial charge on any atom is 0.0541 e. The fourth-order valence-electron chi connectivity index (χ4n) is 2.29. The molecule has 3 heteroatoms. The van der Waals surface area contributed by atoms with Gasteiger partial charge in [0.05, 0.1) is 6.10 Å². The molecule has 16 heavy (non-hydrogen) atoms. The fraction of sp³-hybridized carbons (Fsp3) is 0.538. The van der Waals surface area contributed by atoms with Gasteiger partial charge in [0, 0.05) is 23.8 Å². The highest BCUT2D eigenvalue weighted by Gasteiger charge is 2.22. The molecule has 1 aliphatic heterocycles. The topological polar surface area (TPSA) is 23.5 Å². The first-order chi connectivity index (χ1) is 7.66. The number of halogens is 1. The molecule has 0 unspecified atom stereocenters. The van der Waals surface area contributed by atoms with Gasteiger partial charge in [-0.2, -0.15) is 0 Å². The third-order valence-electron chi connectivity index (χ3n) is 3.41. The van der Waals surface area contributed by atoms with Crippen LogP contribution >= 0.6 is 11.6 Å². The first-order valence-corrected chi connectivity index (χ1v) is 6.23. The van der Waals surface area contributed by atoms with Gasteiger partial charge in [-0.3, -0.25) is 0 Å². The maximum absolute atomic E-state index is 9.53. The van der Waals surface area contributed by atoms with Gasteiger partial charge in [0.2, 0.25) is 0 Å². The Kier molecular flexibility index (Phi) is 3.72. The fourth-order valence-corrected chi connectivity index (χ4v) is 2.42. The first kappa shape index (κ1) is 11.7. The lowest BCUT2D eigenvalue weighted by Gasteiger charge is -2.34. The number of benzene rings is 1. The summed E-state index contributed by atoms with van der Waals surface area (Å²) in [6.07, 6.45) is 1.97. The van der Waals surface area contributed by atoms with Crippen LogP contribution in [0, 0.1) is 5.92 Å². The molecule has 0 aromatic heterocycles. The molecule has 1 heterocycles. The molecule has 0 radical (unpaired) electrons. The van der Waals surface area contributed by atoms with Crippen LogP contribution in [0.25, 0.3) is 0 Å². The van der Waals surface area contributed by atoms with Crippen molar-refractivity contribution in [3.05, 3.63) is 29.3 Å². The molecule has 2 rings (SSSR count). The summed E-state index contributed by atoms with van der Waals surface area (Å²) in [7, 11) is 0. The van der Waals surface area contributed by atoms with E-state index in [2.05, 4.69) is 17.0 Å². The van der Waals surface area contributed by atoms with Crippen molar-refractivity contribution in [3.8, 4) is 0 Å². The summed E-state index contributed by atoms with van der Waals surface area (Å²) in [6, 6.07) is 7.98. The lowest BCUT2D eigenvalue weighted by atomic mass is 9.92. The van der Waals surface area contributed by atoms with Gasteiger partial charge in [-0.05, 0) is 49.9 Å². The minimum absolute atomic E-state index is 0.174. The molecule has 0 amide bonds. The number of rotatable bonds is 2. The zero-order valence-corrected chi connectivity index (χ0v) is 10.3. The molecule has 2 nitrogen and oxygen atoms in total. The van der Waals surface area contributed by atoms with E-state index in [0.29, 0.717) is 5.92 Å². The Labute approximate surface area is 102 Å². The van der Waals surface area contributed by atoms with Crippen molar-refractivity contribution in [3.63, 3.8) is 0 Å². The molecule has 1 N–H and O–H groups in total. The van der Waals surface area contributed by atoms with E-state index in [1.807, 2.05) is 19.1 Å². The van der Waals surface area contributed by atoms with Crippen LogP contribution in [0.15, 0.2) is 24.3 Å². The van der Waals surface area contributed by atoms with E-state index < -0.39 is 0 Å². The average molecular weight is 240 g/mol. The third kappa shape index (κ3) is 2.69. The lowest BCUT2D eigenvalue weighted by Crippen LogP contribution is -2.36. The van der Waals surface area contributed by atoms with Crippen LogP contribution in [0.3, 0.4) is 0 Å². The summed E-state index contributed by atoms with van der Waals surface area (Å²) >= 11 is 5.86. The molecule has 0 aliphatic carbocycles. The highest BCUT2D eigenvalue weighted by Crippen LogP contribution is 2.26. The number of hydrogen-bond acceptors (Lipinski definition) is 2. The minimum atomic E-state index is -0.174. The normalized spacial score (nSPS) is 19.8. The van der Waals surface area contributed by atoms with E-state index in [1.54, 1.807) is 0 Å². The van der Waals surface area contributed by atoms with Crippen molar-refractivity contribution < 1.29 is 5.11 Å². The Hall–Kier alpha value is -0.730. The zero-order chi connectivity index (χ0) is 11.5. The molecule has 0 saturated carbocycles. The van der Waals surface area contributed by atoms with Crippen LogP contribution in [0.4, 0.5) is 5.69 Å². The largest absolute Gasteiger partial charge is 0.393 e. The predicted molar refractivity (Wildman–Crippen MR) is 68.1 cm³/mol. The Morgan fingerprint density at radius 2 is 1.81 bits per heavy atom. The maximum atomic E-state index is 9.53. The smallest absolute Gasteiger partial charge is 0.0541 e. The van der Waals surface area contributed by atoms with Crippen LogP contribution in [-0.4, -0.2) is 24.3 Å². The van der Waals surface area contributed by atoms with Crippen molar-refractivity contribution in [2.24, 2.45) is 5.92 Å². The van der Waals surface area contributed by atoms with Crippen LogP contribution in [-0.2, 0) is 0 Å². The van der Waals surface area contributed by atoms with Gasteiger partial charge in [-0.1, -0.05) is 11.6 Å². The molecule has 1 aliphatic rings. The standard InChI is InChI=1S/C13H18ClNO/c1-10(16)11-6-8-15(9-7-11)13-4-2-12(14)3-5-13/h2-5,10-11,16H,6-9H2,1H3/t10-/m1/s1. The van der Waals surface area contributed by atoms with Crippen molar-refractivity contribution in [1.29, 1.82) is 0 Å². The minimum Gasteiger partial charge on any atom is -0.393 e. The van der Waals surface area contributed by atoms with Crippen LogP contribution in [0.1, 0.15) is 19.8 Å². The van der Waals surface area contributed by atoms with Crippen molar-refractivity contribution in [2.75, 3.05) is 18.0 Å². The van der Waals surface area contributed by atoms with Gasteiger partial charge < -0.3 is 10.0 Å². The SMILES string of the molecule is C[C@@H](O)C1CCN(c2ccc(Cl)cc2)CC1. The summed E-state index contributed by atoms with van der Waals surface area (Å²) < 4.78 is 0. The Bertz CT molecular complexity index is 328. The van der Waals surface area contributed by atoms with Crippen LogP contribution in [0.5, 0.6) is 0 Å². The molecule has 0 bridgehead atoms. The molecule has 88 valence electrons. The van der Waals surface area contributed by atoms with Gasteiger partial charge in [0.25, 0.3) is 0 Å². The van der Waals surface area contributed by atoms with Gasteiger partial charge in [0.1, 0.15) is 0 Å². The number of aliphatic hydroxyl groups is 1. The van der Waals surface area contributed by atoms with E-state index in [4.69, 9.17) is 11.6 Å². The van der Waals surface area contributed by atoms with Gasteiger partial charge in [0.15, 0.2) is 0 Å². The summed E-state index contributed by atoms with van der Waals surface area (Å²) in [6.45, 7) is 3.94. The second-order valence-corrected chi connectivity index (χ2v) is 4.98. The Balaban J connectivity index is 1.96.